The summed E-state index contributed by atoms with van der Waals surface area (Å²) in [6.45, 7) is 7.67. The van der Waals surface area contributed by atoms with Gasteiger partial charge in [0.2, 0.25) is 17.7 Å². The van der Waals surface area contributed by atoms with E-state index in [1.54, 1.807) is 0 Å². The van der Waals surface area contributed by atoms with Crippen LogP contribution in [0, 0.1) is 5.92 Å². The highest BCUT2D eigenvalue weighted by Crippen LogP contribution is 2.21. The number of thioether (sulfide) groups is 1. The van der Waals surface area contributed by atoms with Crippen molar-refractivity contribution in [2.24, 2.45) is 5.92 Å². The third-order valence-corrected chi connectivity index (χ3v) is 4.97. The van der Waals surface area contributed by atoms with Crippen LogP contribution in [0.15, 0.2) is 29.2 Å². The number of rotatable bonds is 5. The van der Waals surface area contributed by atoms with E-state index in [9.17, 15) is 14.4 Å². The second-order valence-electron chi connectivity index (χ2n) is 6.36. The maximum absolute atomic E-state index is 12.3. The lowest BCUT2D eigenvalue weighted by molar-refractivity contribution is -0.140. The molecule has 3 amide bonds. The number of nitrogens with zero attached hydrogens (tertiary/aromatic N) is 2. The van der Waals surface area contributed by atoms with E-state index in [-0.39, 0.29) is 23.6 Å². The number of amides is 3. The van der Waals surface area contributed by atoms with Crippen LogP contribution in [0.1, 0.15) is 20.8 Å². The molecule has 2 rings (SSSR count). The SMILES string of the molecule is CC(=O)Nc1ccc(SCC(=O)N2CCN(C(=O)C(C)C)CC2)cc1. The smallest absolute Gasteiger partial charge is 0.233 e. The molecule has 0 saturated carbocycles. The third-order valence-electron chi connectivity index (χ3n) is 3.97. The van der Waals surface area contributed by atoms with Crippen molar-refractivity contribution in [3.63, 3.8) is 0 Å². The first-order chi connectivity index (χ1) is 11.9. The van der Waals surface area contributed by atoms with E-state index in [2.05, 4.69) is 5.32 Å². The Balaban J connectivity index is 1.77. The molecule has 1 N–H and O–H groups in total. The molecule has 1 aromatic rings. The van der Waals surface area contributed by atoms with Crippen LogP contribution in [-0.4, -0.2) is 59.5 Å². The van der Waals surface area contributed by atoms with Crippen LogP contribution in [0.25, 0.3) is 0 Å². The first-order valence-electron chi connectivity index (χ1n) is 8.44. The van der Waals surface area contributed by atoms with E-state index in [1.165, 1.54) is 18.7 Å². The fourth-order valence-electron chi connectivity index (χ4n) is 2.62. The van der Waals surface area contributed by atoms with E-state index in [4.69, 9.17) is 0 Å². The van der Waals surface area contributed by atoms with E-state index in [1.807, 2.05) is 47.9 Å². The van der Waals surface area contributed by atoms with Crippen molar-refractivity contribution in [2.75, 3.05) is 37.2 Å². The van der Waals surface area contributed by atoms with Crippen molar-refractivity contribution < 1.29 is 14.4 Å². The molecule has 0 bridgehead atoms. The lowest BCUT2D eigenvalue weighted by Crippen LogP contribution is -2.51. The second kappa shape index (κ2) is 8.89. The zero-order chi connectivity index (χ0) is 18.4. The molecule has 0 unspecified atom stereocenters. The van der Waals surface area contributed by atoms with Gasteiger partial charge in [0.1, 0.15) is 0 Å². The van der Waals surface area contributed by atoms with E-state index >= 15 is 0 Å². The molecule has 7 heteroatoms. The normalized spacial score (nSPS) is 14.6. The van der Waals surface area contributed by atoms with Gasteiger partial charge in [-0.1, -0.05) is 13.8 Å². The Morgan fingerprint density at radius 1 is 1.04 bits per heavy atom. The molecule has 0 atom stereocenters. The molecule has 0 aromatic heterocycles. The standard InChI is InChI=1S/C18H25N3O3S/c1-13(2)18(24)21-10-8-20(9-11-21)17(23)12-25-16-6-4-15(5-7-16)19-14(3)22/h4-7,13H,8-12H2,1-3H3,(H,19,22). The number of anilines is 1. The number of piperazine rings is 1. The summed E-state index contributed by atoms with van der Waals surface area (Å²) >= 11 is 1.48. The Hall–Kier alpha value is -2.02. The maximum atomic E-state index is 12.3. The van der Waals surface area contributed by atoms with Crippen molar-refractivity contribution in [1.29, 1.82) is 0 Å². The fourth-order valence-corrected chi connectivity index (χ4v) is 3.42. The van der Waals surface area contributed by atoms with Crippen molar-refractivity contribution in [1.82, 2.24) is 9.80 Å². The lowest BCUT2D eigenvalue weighted by Gasteiger charge is -2.35. The van der Waals surface area contributed by atoms with Crippen LogP contribution in [0.2, 0.25) is 0 Å². The minimum Gasteiger partial charge on any atom is -0.339 e. The van der Waals surface area contributed by atoms with Gasteiger partial charge in [0, 0.05) is 49.6 Å². The Morgan fingerprint density at radius 2 is 1.60 bits per heavy atom. The Labute approximate surface area is 152 Å². The van der Waals surface area contributed by atoms with Gasteiger partial charge >= 0.3 is 0 Å². The quantitative estimate of drug-likeness (QED) is 0.813. The van der Waals surface area contributed by atoms with E-state index in [0.717, 1.165) is 10.6 Å². The summed E-state index contributed by atoms with van der Waals surface area (Å²) < 4.78 is 0. The minimum atomic E-state index is -0.106. The third kappa shape index (κ3) is 5.77. The number of nitrogens with one attached hydrogen (secondary N) is 1. The van der Waals surface area contributed by atoms with Gasteiger partial charge in [0.05, 0.1) is 5.75 Å². The van der Waals surface area contributed by atoms with Gasteiger partial charge in [-0.05, 0) is 24.3 Å². The molecule has 136 valence electrons. The topological polar surface area (TPSA) is 69.7 Å². The molecule has 1 aliphatic rings. The van der Waals surface area contributed by atoms with Gasteiger partial charge in [-0.15, -0.1) is 11.8 Å². The summed E-state index contributed by atoms with van der Waals surface area (Å²) in [6.07, 6.45) is 0. The molecule has 0 spiro atoms. The lowest BCUT2D eigenvalue weighted by atomic mass is 10.1. The highest BCUT2D eigenvalue weighted by atomic mass is 32.2. The molecular formula is C18H25N3O3S. The zero-order valence-electron chi connectivity index (χ0n) is 14.9. The Bertz CT molecular complexity index is 623. The van der Waals surface area contributed by atoms with Crippen molar-refractivity contribution in [2.45, 2.75) is 25.7 Å². The summed E-state index contributed by atoms with van der Waals surface area (Å²) in [5.41, 5.74) is 0.745. The summed E-state index contributed by atoms with van der Waals surface area (Å²) in [7, 11) is 0. The highest BCUT2D eigenvalue weighted by Gasteiger charge is 2.25. The fraction of sp³-hybridized carbons (Fsp3) is 0.500. The number of carbonyl (C=O) groups is 3. The molecule has 1 heterocycles. The Kier molecular flexibility index (Phi) is 6.87. The van der Waals surface area contributed by atoms with Crippen molar-refractivity contribution in [3.8, 4) is 0 Å². The van der Waals surface area contributed by atoms with Crippen LogP contribution < -0.4 is 5.32 Å². The average molecular weight is 363 g/mol. The molecule has 25 heavy (non-hydrogen) atoms. The van der Waals surface area contributed by atoms with Gasteiger partial charge in [0.25, 0.3) is 0 Å². The highest BCUT2D eigenvalue weighted by molar-refractivity contribution is 8.00. The van der Waals surface area contributed by atoms with E-state index < -0.39 is 0 Å². The van der Waals surface area contributed by atoms with Crippen molar-refractivity contribution >= 4 is 35.2 Å². The molecule has 1 fully saturated rings. The summed E-state index contributed by atoms with van der Waals surface area (Å²) in [4.78, 5) is 40.0. The second-order valence-corrected chi connectivity index (χ2v) is 7.40. The van der Waals surface area contributed by atoms with Gasteiger partial charge in [0.15, 0.2) is 0 Å². The zero-order valence-corrected chi connectivity index (χ0v) is 15.8. The van der Waals surface area contributed by atoms with Crippen molar-refractivity contribution in [3.05, 3.63) is 24.3 Å². The minimum absolute atomic E-state index is 0.00160. The number of hydrogen-bond donors (Lipinski definition) is 1. The van der Waals surface area contributed by atoms with Gasteiger partial charge in [-0.2, -0.15) is 0 Å². The maximum Gasteiger partial charge on any atom is 0.233 e. The predicted octanol–water partition coefficient (Wildman–Crippen LogP) is 2.06. The van der Waals surface area contributed by atoms with Crippen LogP contribution in [-0.2, 0) is 14.4 Å². The summed E-state index contributed by atoms with van der Waals surface area (Å²) in [5, 5.41) is 2.71. The first-order valence-corrected chi connectivity index (χ1v) is 9.42. The van der Waals surface area contributed by atoms with Crippen LogP contribution in [0.3, 0.4) is 0 Å². The monoisotopic (exact) mass is 363 g/mol. The number of hydrogen-bond acceptors (Lipinski definition) is 4. The van der Waals surface area contributed by atoms with Gasteiger partial charge in [-0.3, -0.25) is 14.4 Å². The molecule has 1 aromatic carbocycles. The largest absolute Gasteiger partial charge is 0.339 e. The molecule has 0 aliphatic carbocycles. The molecule has 0 radical (unpaired) electrons. The summed E-state index contributed by atoms with van der Waals surface area (Å²) in [6, 6.07) is 7.43. The summed E-state index contributed by atoms with van der Waals surface area (Å²) in [5.74, 6) is 0.509. The van der Waals surface area contributed by atoms with Crippen LogP contribution >= 0.6 is 11.8 Å². The van der Waals surface area contributed by atoms with Crippen LogP contribution in [0.5, 0.6) is 0 Å². The molecule has 1 aliphatic heterocycles. The molecule has 6 nitrogen and oxygen atoms in total. The van der Waals surface area contributed by atoms with Gasteiger partial charge in [-0.25, -0.2) is 0 Å². The number of carbonyl (C=O) groups excluding carboxylic acids is 3. The molecular weight excluding hydrogens is 338 g/mol. The number of benzene rings is 1. The van der Waals surface area contributed by atoms with Crippen LogP contribution in [0.4, 0.5) is 5.69 Å². The first kappa shape index (κ1) is 19.3. The average Bonchev–Trinajstić information content (AvgIpc) is 2.59. The molecule has 1 saturated heterocycles. The van der Waals surface area contributed by atoms with Gasteiger partial charge < -0.3 is 15.1 Å². The predicted molar refractivity (Wildman–Crippen MR) is 99.5 cm³/mol. The van der Waals surface area contributed by atoms with E-state index in [0.29, 0.717) is 31.9 Å². The Morgan fingerprint density at radius 3 is 2.12 bits per heavy atom.